The lowest BCUT2D eigenvalue weighted by Gasteiger charge is -2.52. The SMILES string of the molecule is CCCCN1C(=O)C(CC(C)C)NC(=O)C12CCN(Cc1ccc(Oc3ccc(OC)cc3)cc1)CC2. The van der Waals surface area contributed by atoms with Crippen LogP contribution in [0.4, 0.5) is 0 Å². The normalized spacial score (nSPS) is 19.8. The Morgan fingerprint density at radius 3 is 2.14 bits per heavy atom. The molecule has 1 atom stereocenters. The zero-order valence-electron chi connectivity index (χ0n) is 22.7. The van der Waals surface area contributed by atoms with Gasteiger partial charge in [-0.25, -0.2) is 0 Å². The molecule has 2 aliphatic rings. The maximum Gasteiger partial charge on any atom is 0.246 e. The molecule has 1 unspecified atom stereocenters. The molecule has 4 rings (SSSR count). The molecule has 2 aromatic carbocycles. The summed E-state index contributed by atoms with van der Waals surface area (Å²) in [6, 6.07) is 15.3. The molecular formula is C30H41N3O4. The van der Waals surface area contributed by atoms with Crippen LogP contribution in [0.3, 0.4) is 0 Å². The van der Waals surface area contributed by atoms with Crippen LogP contribution in [-0.4, -0.2) is 59.9 Å². The van der Waals surface area contributed by atoms with Crippen molar-refractivity contribution in [3.05, 3.63) is 54.1 Å². The van der Waals surface area contributed by atoms with Crippen molar-refractivity contribution in [2.45, 2.75) is 71.0 Å². The number of rotatable bonds is 10. The average Bonchev–Trinajstić information content (AvgIpc) is 2.90. The van der Waals surface area contributed by atoms with Gasteiger partial charge in [0.2, 0.25) is 11.8 Å². The number of hydrogen-bond acceptors (Lipinski definition) is 5. The van der Waals surface area contributed by atoms with E-state index in [-0.39, 0.29) is 11.8 Å². The van der Waals surface area contributed by atoms with Gasteiger partial charge in [-0.05, 0) is 73.6 Å². The summed E-state index contributed by atoms with van der Waals surface area (Å²) in [5, 5.41) is 3.09. The van der Waals surface area contributed by atoms with Gasteiger partial charge in [0.1, 0.15) is 28.8 Å². The van der Waals surface area contributed by atoms with Crippen molar-refractivity contribution >= 4 is 11.8 Å². The molecule has 2 saturated heterocycles. The highest BCUT2D eigenvalue weighted by atomic mass is 16.5. The molecule has 2 aliphatic heterocycles. The number of ether oxygens (including phenoxy) is 2. The summed E-state index contributed by atoms with van der Waals surface area (Å²) >= 11 is 0. The molecule has 200 valence electrons. The summed E-state index contributed by atoms with van der Waals surface area (Å²) < 4.78 is 11.1. The third-order valence-corrected chi connectivity index (χ3v) is 7.56. The lowest BCUT2D eigenvalue weighted by molar-refractivity contribution is -0.161. The molecule has 2 amide bonds. The Labute approximate surface area is 221 Å². The van der Waals surface area contributed by atoms with Crippen LogP contribution >= 0.6 is 0 Å². The Bertz CT molecular complexity index is 1040. The summed E-state index contributed by atoms with van der Waals surface area (Å²) in [5.74, 6) is 2.83. The first-order valence-corrected chi connectivity index (χ1v) is 13.6. The summed E-state index contributed by atoms with van der Waals surface area (Å²) in [5.41, 5.74) is 0.480. The van der Waals surface area contributed by atoms with E-state index in [1.807, 2.05) is 41.3 Å². The lowest BCUT2D eigenvalue weighted by atomic mass is 9.80. The number of carbonyl (C=O) groups is 2. The highest BCUT2D eigenvalue weighted by molar-refractivity contribution is 6.00. The summed E-state index contributed by atoms with van der Waals surface area (Å²) in [7, 11) is 1.64. The van der Waals surface area contributed by atoms with E-state index in [1.54, 1.807) is 7.11 Å². The van der Waals surface area contributed by atoms with Crippen LogP contribution in [-0.2, 0) is 16.1 Å². The van der Waals surface area contributed by atoms with E-state index in [0.717, 1.165) is 49.7 Å². The predicted octanol–water partition coefficient (Wildman–Crippen LogP) is 5.00. The van der Waals surface area contributed by atoms with E-state index in [2.05, 4.69) is 43.1 Å². The van der Waals surface area contributed by atoms with Gasteiger partial charge in [0.15, 0.2) is 0 Å². The molecule has 0 saturated carbocycles. The Morgan fingerprint density at radius 1 is 0.973 bits per heavy atom. The molecule has 2 heterocycles. The number of carbonyl (C=O) groups excluding carboxylic acids is 2. The zero-order chi connectivity index (χ0) is 26.4. The van der Waals surface area contributed by atoms with Crippen molar-refractivity contribution in [2.75, 3.05) is 26.7 Å². The summed E-state index contributed by atoms with van der Waals surface area (Å²) in [6.07, 6.45) is 3.95. The molecule has 0 aromatic heterocycles. The van der Waals surface area contributed by atoms with Crippen molar-refractivity contribution in [2.24, 2.45) is 5.92 Å². The van der Waals surface area contributed by atoms with Crippen molar-refractivity contribution in [1.29, 1.82) is 0 Å². The number of nitrogens with zero attached hydrogens (tertiary/aromatic N) is 2. The smallest absolute Gasteiger partial charge is 0.246 e. The molecule has 7 heteroatoms. The number of nitrogens with one attached hydrogen (secondary N) is 1. The Kier molecular flexibility index (Phi) is 8.75. The van der Waals surface area contributed by atoms with E-state index in [9.17, 15) is 9.59 Å². The fourth-order valence-corrected chi connectivity index (χ4v) is 5.43. The number of hydrogen-bond donors (Lipinski definition) is 1. The number of methoxy groups -OCH3 is 1. The van der Waals surface area contributed by atoms with Crippen molar-refractivity contribution in [3.63, 3.8) is 0 Å². The van der Waals surface area contributed by atoms with E-state index in [0.29, 0.717) is 31.7 Å². The molecule has 7 nitrogen and oxygen atoms in total. The van der Waals surface area contributed by atoms with Crippen molar-refractivity contribution < 1.29 is 19.1 Å². The molecule has 2 aromatic rings. The highest BCUT2D eigenvalue weighted by Gasteiger charge is 2.53. The molecule has 2 fully saturated rings. The first-order chi connectivity index (χ1) is 17.8. The first-order valence-electron chi connectivity index (χ1n) is 13.6. The van der Waals surface area contributed by atoms with Crippen LogP contribution in [0.25, 0.3) is 0 Å². The van der Waals surface area contributed by atoms with Gasteiger partial charge in [0.05, 0.1) is 7.11 Å². The zero-order valence-corrected chi connectivity index (χ0v) is 22.7. The largest absolute Gasteiger partial charge is 0.497 e. The topological polar surface area (TPSA) is 71.1 Å². The Morgan fingerprint density at radius 2 is 1.57 bits per heavy atom. The van der Waals surface area contributed by atoms with Crippen LogP contribution in [0.2, 0.25) is 0 Å². The molecule has 1 spiro atoms. The van der Waals surface area contributed by atoms with E-state index in [4.69, 9.17) is 9.47 Å². The minimum atomic E-state index is -0.716. The van der Waals surface area contributed by atoms with Crippen LogP contribution in [0.5, 0.6) is 17.2 Å². The van der Waals surface area contributed by atoms with Crippen LogP contribution in [0.1, 0.15) is 58.4 Å². The van der Waals surface area contributed by atoms with E-state index in [1.165, 1.54) is 5.56 Å². The average molecular weight is 508 g/mol. The molecule has 37 heavy (non-hydrogen) atoms. The second kappa shape index (κ2) is 12.0. The number of likely N-dealkylation sites (tertiary alicyclic amines) is 1. The second-order valence-corrected chi connectivity index (χ2v) is 10.7. The maximum atomic E-state index is 13.4. The lowest BCUT2D eigenvalue weighted by Crippen LogP contribution is -2.73. The highest BCUT2D eigenvalue weighted by Crippen LogP contribution is 2.35. The summed E-state index contributed by atoms with van der Waals surface area (Å²) in [4.78, 5) is 31.2. The van der Waals surface area contributed by atoms with Gasteiger partial charge in [-0.3, -0.25) is 14.5 Å². The van der Waals surface area contributed by atoms with Gasteiger partial charge in [-0.1, -0.05) is 39.3 Å². The van der Waals surface area contributed by atoms with Crippen LogP contribution < -0.4 is 14.8 Å². The number of piperazine rings is 1. The van der Waals surface area contributed by atoms with Gasteiger partial charge < -0.3 is 19.7 Å². The number of amides is 2. The third-order valence-electron chi connectivity index (χ3n) is 7.56. The van der Waals surface area contributed by atoms with Gasteiger partial charge in [0.25, 0.3) is 0 Å². The third kappa shape index (κ3) is 6.27. The number of piperidine rings is 1. The molecule has 0 bridgehead atoms. The minimum absolute atomic E-state index is 0.0357. The van der Waals surface area contributed by atoms with Crippen molar-refractivity contribution in [3.8, 4) is 17.2 Å². The molecule has 0 radical (unpaired) electrons. The molecule has 1 N–H and O–H groups in total. The van der Waals surface area contributed by atoms with Crippen molar-refractivity contribution in [1.82, 2.24) is 15.1 Å². The minimum Gasteiger partial charge on any atom is -0.497 e. The van der Waals surface area contributed by atoms with E-state index < -0.39 is 11.6 Å². The summed E-state index contributed by atoms with van der Waals surface area (Å²) in [6.45, 7) is 9.34. The predicted molar refractivity (Wildman–Crippen MR) is 145 cm³/mol. The monoisotopic (exact) mass is 507 g/mol. The number of benzene rings is 2. The standard InChI is InChI=1S/C30H41N3O4/c1-5-6-17-33-28(34)27(20-22(2)3)31-29(35)30(33)15-18-32(19-16-30)21-23-7-9-25(10-8-23)37-26-13-11-24(36-4)12-14-26/h7-14,22,27H,5-6,15-21H2,1-4H3,(H,31,35). The fraction of sp³-hybridized carbons (Fsp3) is 0.533. The van der Waals surface area contributed by atoms with Crippen LogP contribution in [0.15, 0.2) is 48.5 Å². The second-order valence-electron chi connectivity index (χ2n) is 10.7. The maximum absolute atomic E-state index is 13.4. The van der Waals surface area contributed by atoms with Gasteiger partial charge in [0, 0.05) is 26.2 Å². The Balaban J connectivity index is 1.37. The van der Waals surface area contributed by atoms with Gasteiger partial charge >= 0.3 is 0 Å². The van der Waals surface area contributed by atoms with Gasteiger partial charge in [-0.2, -0.15) is 0 Å². The quantitative estimate of drug-likeness (QED) is 0.490. The Hall–Kier alpha value is -3.06. The van der Waals surface area contributed by atoms with Gasteiger partial charge in [-0.15, -0.1) is 0 Å². The fourth-order valence-electron chi connectivity index (χ4n) is 5.43. The molecular weight excluding hydrogens is 466 g/mol. The first kappa shape index (κ1) is 27.0. The number of unbranched alkanes of at least 4 members (excludes halogenated alkanes) is 1. The van der Waals surface area contributed by atoms with E-state index >= 15 is 0 Å². The molecule has 0 aliphatic carbocycles. The van der Waals surface area contributed by atoms with Crippen LogP contribution in [0, 0.1) is 5.92 Å².